The molecule has 1 aliphatic rings. The fraction of sp³-hybridized carbons (Fsp3) is 0.625. The minimum atomic E-state index is 0.266. The van der Waals surface area contributed by atoms with E-state index in [9.17, 15) is 0 Å². The average molecular weight is 305 g/mol. The summed E-state index contributed by atoms with van der Waals surface area (Å²) >= 11 is 0. The second-order valence-electron chi connectivity index (χ2n) is 6.06. The van der Waals surface area contributed by atoms with Crippen molar-refractivity contribution in [3.05, 3.63) is 23.9 Å². The molecule has 0 saturated carbocycles. The lowest BCUT2D eigenvalue weighted by Gasteiger charge is -2.32. The van der Waals surface area contributed by atoms with Crippen LogP contribution in [0.2, 0.25) is 0 Å². The Morgan fingerprint density at radius 1 is 1.32 bits per heavy atom. The van der Waals surface area contributed by atoms with E-state index in [1.165, 1.54) is 0 Å². The van der Waals surface area contributed by atoms with Gasteiger partial charge in [-0.15, -0.1) is 0 Å². The van der Waals surface area contributed by atoms with Crippen LogP contribution in [-0.4, -0.2) is 74.7 Å². The summed E-state index contributed by atoms with van der Waals surface area (Å²) in [6.07, 6.45) is 2.18. The zero-order chi connectivity index (χ0) is 16.1. The topological polar surface area (TPSA) is 44.2 Å². The standard InChI is InChI=1S/C16H27N5O/c1-13-12-21(8-9-22-13)15-7-6-14(10-17-15)11-18-16(19(2)3)20(4)5/h6-7,10,13H,8-9,11-12H2,1-5H3. The minimum Gasteiger partial charge on any atom is -0.375 e. The van der Waals surface area contributed by atoms with Crippen LogP contribution in [0.5, 0.6) is 0 Å². The van der Waals surface area contributed by atoms with E-state index >= 15 is 0 Å². The first-order chi connectivity index (χ1) is 10.5. The average Bonchev–Trinajstić information content (AvgIpc) is 2.47. The lowest BCUT2D eigenvalue weighted by atomic mass is 10.2. The van der Waals surface area contributed by atoms with Gasteiger partial charge in [-0.2, -0.15) is 0 Å². The summed E-state index contributed by atoms with van der Waals surface area (Å²) in [4.78, 5) is 15.5. The van der Waals surface area contributed by atoms with Gasteiger partial charge < -0.3 is 19.4 Å². The fourth-order valence-corrected chi connectivity index (χ4v) is 2.57. The van der Waals surface area contributed by atoms with Crippen molar-refractivity contribution in [1.82, 2.24) is 14.8 Å². The van der Waals surface area contributed by atoms with E-state index in [1.807, 2.05) is 44.2 Å². The summed E-state index contributed by atoms with van der Waals surface area (Å²) in [5.74, 6) is 1.97. The zero-order valence-electron chi connectivity index (χ0n) is 14.3. The van der Waals surface area contributed by atoms with Gasteiger partial charge in [-0.05, 0) is 18.6 Å². The summed E-state index contributed by atoms with van der Waals surface area (Å²) < 4.78 is 5.57. The molecule has 1 aromatic heterocycles. The minimum absolute atomic E-state index is 0.266. The molecule has 0 bridgehead atoms. The predicted molar refractivity (Wildman–Crippen MR) is 90.4 cm³/mol. The third kappa shape index (κ3) is 4.34. The van der Waals surface area contributed by atoms with Crippen LogP contribution in [0.4, 0.5) is 5.82 Å². The Bertz CT molecular complexity index is 488. The Hall–Kier alpha value is -1.82. The Balaban J connectivity index is 2.01. The van der Waals surface area contributed by atoms with Crippen molar-refractivity contribution in [3.63, 3.8) is 0 Å². The molecule has 1 saturated heterocycles. The molecule has 1 fully saturated rings. The summed E-state index contributed by atoms with van der Waals surface area (Å²) in [6, 6.07) is 4.18. The van der Waals surface area contributed by atoms with E-state index in [0.717, 1.165) is 37.0 Å². The quantitative estimate of drug-likeness (QED) is 0.622. The number of nitrogens with zero attached hydrogens (tertiary/aromatic N) is 5. The summed E-state index contributed by atoms with van der Waals surface area (Å²) in [6.45, 7) is 5.30. The summed E-state index contributed by atoms with van der Waals surface area (Å²) in [7, 11) is 8.00. The second-order valence-corrected chi connectivity index (χ2v) is 6.06. The van der Waals surface area contributed by atoms with E-state index < -0.39 is 0 Å². The second kappa shape index (κ2) is 7.45. The highest BCUT2D eigenvalue weighted by molar-refractivity contribution is 5.79. The third-order valence-corrected chi connectivity index (χ3v) is 3.58. The van der Waals surface area contributed by atoms with Gasteiger partial charge >= 0.3 is 0 Å². The molecule has 0 aromatic carbocycles. The summed E-state index contributed by atoms with van der Waals surface area (Å²) in [5.41, 5.74) is 1.12. The maximum atomic E-state index is 5.57. The zero-order valence-corrected chi connectivity index (χ0v) is 14.3. The highest BCUT2D eigenvalue weighted by Crippen LogP contribution is 2.15. The first-order valence-electron chi connectivity index (χ1n) is 7.68. The number of guanidine groups is 1. The van der Waals surface area contributed by atoms with Gasteiger partial charge in [0.2, 0.25) is 0 Å². The van der Waals surface area contributed by atoms with Crippen molar-refractivity contribution in [1.29, 1.82) is 0 Å². The van der Waals surface area contributed by atoms with Gasteiger partial charge in [-0.1, -0.05) is 6.07 Å². The van der Waals surface area contributed by atoms with Crippen LogP contribution in [-0.2, 0) is 11.3 Å². The largest absolute Gasteiger partial charge is 0.375 e. The number of rotatable bonds is 3. The normalized spacial score (nSPS) is 18.0. The number of aliphatic imine (C=N–C) groups is 1. The Morgan fingerprint density at radius 2 is 2.05 bits per heavy atom. The van der Waals surface area contributed by atoms with Crippen molar-refractivity contribution in [3.8, 4) is 0 Å². The number of pyridine rings is 1. The van der Waals surface area contributed by atoms with Crippen LogP contribution in [0, 0.1) is 0 Å². The molecular formula is C16H27N5O. The maximum Gasteiger partial charge on any atom is 0.195 e. The SMILES string of the molecule is CC1CN(c2ccc(CN=C(N(C)C)N(C)C)cn2)CCO1. The molecule has 2 heterocycles. The van der Waals surface area contributed by atoms with Gasteiger partial charge in [0, 0.05) is 47.5 Å². The van der Waals surface area contributed by atoms with Crippen LogP contribution in [0.1, 0.15) is 12.5 Å². The first-order valence-corrected chi connectivity index (χ1v) is 7.68. The van der Waals surface area contributed by atoms with Crippen molar-refractivity contribution < 1.29 is 4.74 Å². The molecule has 1 aromatic rings. The Labute approximate surface area is 133 Å². The van der Waals surface area contributed by atoms with Crippen molar-refractivity contribution >= 4 is 11.8 Å². The first kappa shape index (κ1) is 16.5. The molecule has 22 heavy (non-hydrogen) atoms. The monoisotopic (exact) mass is 305 g/mol. The number of morpholine rings is 1. The number of anilines is 1. The molecule has 0 spiro atoms. The maximum absolute atomic E-state index is 5.57. The molecule has 0 radical (unpaired) electrons. The molecule has 6 nitrogen and oxygen atoms in total. The van der Waals surface area contributed by atoms with Crippen molar-refractivity contribution in [2.24, 2.45) is 4.99 Å². The smallest absolute Gasteiger partial charge is 0.195 e. The fourth-order valence-electron chi connectivity index (χ4n) is 2.57. The van der Waals surface area contributed by atoms with Gasteiger partial charge in [0.1, 0.15) is 5.82 Å². The van der Waals surface area contributed by atoms with Gasteiger partial charge in [0.25, 0.3) is 0 Å². The number of hydrogen-bond acceptors (Lipinski definition) is 4. The Kier molecular flexibility index (Phi) is 5.60. The molecule has 0 aliphatic carbocycles. The van der Waals surface area contributed by atoms with Gasteiger partial charge in [0.15, 0.2) is 5.96 Å². The lowest BCUT2D eigenvalue weighted by molar-refractivity contribution is 0.0529. The van der Waals surface area contributed by atoms with Gasteiger partial charge in [-0.25, -0.2) is 9.98 Å². The van der Waals surface area contributed by atoms with Crippen LogP contribution in [0.25, 0.3) is 0 Å². The Morgan fingerprint density at radius 3 is 2.59 bits per heavy atom. The highest BCUT2D eigenvalue weighted by atomic mass is 16.5. The van der Waals surface area contributed by atoms with Crippen LogP contribution >= 0.6 is 0 Å². The van der Waals surface area contributed by atoms with Crippen molar-refractivity contribution in [2.45, 2.75) is 19.6 Å². The number of aromatic nitrogens is 1. The lowest BCUT2D eigenvalue weighted by Crippen LogP contribution is -2.41. The molecule has 6 heteroatoms. The molecule has 1 aliphatic heterocycles. The van der Waals surface area contributed by atoms with E-state index in [1.54, 1.807) is 0 Å². The van der Waals surface area contributed by atoms with Crippen LogP contribution < -0.4 is 4.90 Å². The molecule has 0 N–H and O–H groups in total. The number of ether oxygens (including phenoxy) is 1. The molecule has 122 valence electrons. The van der Waals surface area contributed by atoms with Gasteiger partial charge in [0.05, 0.1) is 19.3 Å². The molecule has 0 amide bonds. The van der Waals surface area contributed by atoms with Crippen molar-refractivity contribution in [2.75, 3.05) is 52.8 Å². The molecule has 1 unspecified atom stereocenters. The van der Waals surface area contributed by atoms with E-state index in [4.69, 9.17) is 4.74 Å². The van der Waals surface area contributed by atoms with E-state index in [0.29, 0.717) is 6.54 Å². The predicted octanol–water partition coefficient (Wildman–Crippen LogP) is 1.29. The van der Waals surface area contributed by atoms with Gasteiger partial charge in [-0.3, -0.25) is 0 Å². The van der Waals surface area contributed by atoms with Crippen LogP contribution in [0.15, 0.2) is 23.3 Å². The molecule has 1 atom stereocenters. The number of hydrogen-bond donors (Lipinski definition) is 0. The van der Waals surface area contributed by atoms with E-state index in [-0.39, 0.29) is 6.10 Å². The molecular weight excluding hydrogens is 278 g/mol. The third-order valence-electron chi connectivity index (χ3n) is 3.58. The van der Waals surface area contributed by atoms with E-state index in [2.05, 4.69) is 33.9 Å². The highest BCUT2D eigenvalue weighted by Gasteiger charge is 2.17. The van der Waals surface area contributed by atoms with Crippen LogP contribution in [0.3, 0.4) is 0 Å². The summed E-state index contributed by atoms with van der Waals surface area (Å²) in [5, 5.41) is 0. The molecule has 2 rings (SSSR count).